The molecule has 0 aliphatic carbocycles. The van der Waals surface area contributed by atoms with Gasteiger partial charge in [-0.15, -0.1) is 0 Å². The Balaban J connectivity index is 1.66. The summed E-state index contributed by atoms with van der Waals surface area (Å²) in [7, 11) is 0. The van der Waals surface area contributed by atoms with Crippen LogP contribution in [-0.2, 0) is 4.79 Å². The average molecular weight is 248 g/mol. The summed E-state index contributed by atoms with van der Waals surface area (Å²) in [5.41, 5.74) is 0. The van der Waals surface area contributed by atoms with Crippen LogP contribution in [0.1, 0.15) is 44.9 Å². The molecule has 0 saturated carbocycles. The third-order valence-electron chi connectivity index (χ3n) is 5.88. The van der Waals surface area contributed by atoms with Crippen LogP contribution in [0.5, 0.6) is 0 Å². The van der Waals surface area contributed by atoms with E-state index in [4.69, 9.17) is 0 Å². The molecule has 1 amide bonds. The Bertz CT molecular complexity index is 354. The summed E-state index contributed by atoms with van der Waals surface area (Å²) in [5, 5.41) is 0. The van der Waals surface area contributed by atoms with Crippen molar-refractivity contribution in [2.45, 2.75) is 57.0 Å². The number of hydrogen-bond donors (Lipinski definition) is 0. The zero-order valence-corrected chi connectivity index (χ0v) is 11.2. The highest BCUT2D eigenvalue weighted by Crippen LogP contribution is 2.44. The molecule has 4 aliphatic heterocycles. The number of fused-ring (bicyclic) bond motifs is 2. The fraction of sp³-hybridized carbons (Fsp3) is 0.933. The van der Waals surface area contributed by atoms with E-state index in [1.807, 2.05) is 0 Å². The lowest BCUT2D eigenvalue weighted by Crippen LogP contribution is -2.66. The Morgan fingerprint density at radius 3 is 2.72 bits per heavy atom. The van der Waals surface area contributed by atoms with E-state index in [1.165, 1.54) is 45.2 Å². The largest absolute Gasteiger partial charge is 0.339 e. The van der Waals surface area contributed by atoms with Gasteiger partial charge in [0, 0.05) is 25.0 Å². The first-order valence-electron chi connectivity index (χ1n) is 7.88. The van der Waals surface area contributed by atoms with Gasteiger partial charge in [-0.25, -0.2) is 0 Å². The maximum atomic E-state index is 12.2. The van der Waals surface area contributed by atoms with Crippen LogP contribution in [0.4, 0.5) is 0 Å². The number of rotatable bonds is 0. The molecule has 0 aromatic carbocycles. The van der Waals surface area contributed by atoms with Gasteiger partial charge in [-0.1, -0.05) is 0 Å². The van der Waals surface area contributed by atoms with Crippen LogP contribution in [0.15, 0.2) is 0 Å². The monoisotopic (exact) mass is 248 g/mol. The van der Waals surface area contributed by atoms with E-state index in [9.17, 15) is 4.79 Å². The van der Waals surface area contributed by atoms with Gasteiger partial charge in [-0.05, 0) is 63.5 Å². The average Bonchev–Trinajstić information content (AvgIpc) is 2.41. The molecule has 0 bridgehead atoms. The summed E-state index contributed by atoms with van der Waals surface area (Å²) in [6.45, 7) is 3.71. The van der Waals surface area contributed by atoms with Crippen molar-refractivity contribution in [1.82, 2.24) is 9.80 Å². The highest BCUT2D eigenvalue weighted by atomic mass is 16.2. The van der Waals surface area contributed by atoms with Crippen molar-refractivity contribution in [2.75, 3.05) is 19.6 Å². The fourth-order valence-corrected chi connectivity index (χ4v) is 5.26. The Hall–Kier alpha value is -0.570. The quantitative estimate of drug-likeness (QED) is 0.653. The van der Waals surface area contributed by atoms with Crippen LogP contribution in [0.3, 0.4) is 0 Å². The number of nitrogens with zero attached hydrogens (tertiary/aromatic N) is 2. The van der Waals surface area contributed by atoms with Gasteiger partial charge >= 0.3 is 0 Å². The molecule has 3 heteroatoms. The maximum Gasteiger partial charge on any atom is 0.222 e. The second-order valence-corrected chi connectivity index (χ2v) is 6.74. The Morgan fingerprint density at radius 1 is 1.00 bits per heavy atom. The minimum absolute atomic E-state index is 0.451. The van der Waals surface area contributed by atoms with Crippen molar-refractivity contribution in [1.29, 1.82) is 0 Å². The molecule has 0 aromatic rings. The van der Waals surface area contributed by atoms with Gasteiger partial charge in [-0.3, -0.25) is 9.69 Å². The molecule has 4 heterocycles. The van der Waals surface area contributed by atoms with Crippen molar-refractivity contribution in [2.24, 2.45) is 11.8 Å². The van der Waals surface area contributed by atoms with E-state index in [2.05, 4.69) is 9.80 Å². The lowest BCUT2D eigenvalue weighted by atomic mass is 9.68. The highest BCUT2D eigenvalue weighted by molar-refractivity contribution is 5.77. The first-order valence-corrected chi connectivity index (χ1v) is 7.88. The van der Waals surface area contributed by atoms with Gasteiger partial charge in [0.2, 0.25) is 5.91 Å². The first kappa shape index (κ1) is 11.3. The molecule has 2 unspecified atom stereocenters. The second-order valence-electron chi connectivity index (χ2n) is 6.74. The Morgan fingerprint density at radius 2 is 1.83 bits per heavy atom. The molecule has 18 heavy (non-hydrogen) atoms. The SMILES string of the molecule is O=C1CCC[C@@H]2C3CCCN4CCC[C@H](CN12)C34. The summed E-state index contributed by atoms with van der Waals surface area (Å²) in [4.78, 5) is 17.2. The molecule has 0 spiro atoms. The Kier molecular flexibility index (Phi) is 2.65. The van der Waals surface area contributed by atoms with Crippen molar-refractivity contribution >= 4 is 5.91 Å². The molecule has 4 aliphatic rings. The minimum atomic E-state index is 0.451. The van der Waals surface area contributed by atoms with E-state index >= 15 is 0 Å². The molecule has 0 N–H and O–H groups in total. The van der Waals surface area contributed by atoms with Crippen LogP contribution in [-0.4, -0.2) is 47.4 Å². The summed E-state index contributed by atoms with van der Waals surface area (Å²) in [6.07, 6.45) is 8.64. The predicted molar refractivity (Wildman–Crippen MR) is 70.2 cm³/mol. The predicted octanol–water partition coefficient (Wildman–Crippen LogP) is 1.87. The first-order chi connectivity index (χ1) is 8.84. The summed E-state index contributed by atoms with van der Waals surface area (Å²) >= 11 is 0. The third-order valence-corrected chi connectivity index (χ3v) is 5.88. The molecule has 4 rings (SSSR count). The van der Waals surface area contributed by atoms with Crippen LogP contribution in [0.2, 0.25) is 0 Å². The van der Waals surface area contributed by atoms with Gasteiger partial charge in [0.1, 0.15) is 0 Å². The van der Waals surface area contributed by atoms with Crippen LogP contribution in [0.25, 0.3) is 0 Å². The lowest BCUT2D eigenvalue weighted by Gasteiger charge is -2.58. The molecule has 4 fully saturated rings. The zero-order valence-electron chi connectivity index (χ0n) is 11.2. The number of carbonyl (C=O) groups excluding carboxylic acids is 1. The number of carbonyl (C=O) groups is 1. The zero-order chi connectivity index (χ0) is 12.1. The summed E-state index contributed by atoms with van der Waals surface area (Å²) in [5.74, 6) is 2.02. The molecule has 4 saturated heterocycles. The fourth-order valence-electron chi connectivity index (χ4n) is 5.26. The van der Waals surface area contributed by atoms with Crippen LogP contribution in [0, 0.1) is 11.8 Å². The van der Waals surface area contributed by atoms with E-state index in [1.54, 1.807) is 0 Å². The molecule has 100 valence electrons. The molecule has 0 aromatic heterocycles. The third kappa shape index (κ3) is 1.56. The molecule has 0 radical (unpaired) electrons. The van der Waals surface area contributed by atoms with Gasteiger partial charge in [0.25, 0.3) is 0 Å². The van der Waals surface area contributed by atoms with E-state index in [0.29, 0.717) is 11.9 Å². The molecule has 4 atom stereocenters. The van der Waals surface area contributed by atoms with Crippen molar-refractivity contribution in [3.8, 4) is 0 Å². The van der Waals surface area contributed by atoms with Crippen molar-refractivity contribution in [3.05, 3.63) is 0 Å². The van der Waals surface area contributed by atoms with Crippen molar-refractivity contribution < 1.29 is 4.79 Å². The molecule has 3 nitrogen and oxygen atoms in total. The van der Waals surface area contributed by atoms with E-state index in [0.717, 1.165) is 37.3 Å². The van der Waals surface area contributed by atoms with Crippen LogP contribution >= 0.6 is 0 Å². The Labute approximate surface area is 110 Å². The van der Waals surface area contributed by atoms with Gasteiger partial charge < -0.3 is 4.90 Å². The van der Waals surface area contributed by atoms with E-state index in [-0.39, 0.29) is 0 Å². The molecular formula is C15H24N2O. The normalized spacial score (nSPS) is 44.4. The number of hydrogen-bond acceptors (Lipinski definition) is 2. The maximum absolute atomic E-state index is 12.2. The smallest absolute Gasteiger partial charge is 0.222 e. The van der Waals surface area contributed by atoms with Crippen LogP contribution < -0.4 is 0 Å². The minimum Gasteiger partial charge on any atom is -0.339 e. The van der Waals surface area contributed by atoms with E-state index < -0.39 is 0 Å². The van der Waals surface area contributed by atoms with Gasteiger partial charge in [-0.2, -0.15) is 0 Å². The second kappa shape index (κ2) is 4.22. The summed E-state index contributed by atoms with van der Waals surface area (Å²) < 4.78 is 0. The lowest BCUT2D eigenvalue weighted by molar-refractivity contribution is -0.150. The standard InChI is InChI=1S/C15H24N2O/c18-14-7-1-6-13-12-5-3-9-16-8-2-4-11(15(12)16)10-17(13)14/h11-13,15H,1-10H2/t11-,12?,13-,15?/m1/s1. The van der Waals surface area contributed by atoms with Gasteiger partial charge in [0.15, 0.2) is 0 Å². The van der Waals surface area contributed by atoms with Crippen molar-refractivity contribution in [3.63, 3.8) is 0 Å². The van der Waals surface area contributed by atoms with Gasteiger partial charge in [0.05, 0.1) is 0 Å². The number of amides is 1. The topological polar surface area (TPSA) is 23.6 Å². The molecular weight excluding hydrogens is 224 g/mol. The summed E-state index contributed by atoms with van der Waals surface area (Å²) in [6, 6.07) is 1.41. The highest BCUT2D eigenvalue weighted by Gasteiger charge is 2.50. The number of piperidine rings is 4.